The maximum atomic E-state index is 12.1. The highest BCUT2D eigenvalue weighted by Gasteiger charge is 2.16. The van der Waals surface area contributed by atoms with E-state index in [0.29, 0.717) is 22.6 Å². The number of benzene rings is 1. The van der Waals surface area contributed by atoms with Gasteiger partial charge in [-0.05, 0) is 31.2 Å². The fourth-order valence-electron chi connectivity index (χ4n) is 1.97. The summed E-state index contributed by atoms with van der Waals surface area (Å²) >= 11 is 0. The van der Waals surface area contributed by atoms with Gasteiger partial charge in [-0.3, -0.25) is 0 Å². The minimum Gasteiger partial charge on any atom is -0.490 e. The monoisotopic (exact) mass is 309 g/mol. The van der Waals surface area contributed by atoms with Crippen LogP contribution in [-0.2, 0) is 11.8 Å². The van der Waals surface area contributed by atoms with E-state index in [-0.39, 0.29) is 6.61 Å². The molecule has 0 bridgehead atoms. The zero-order valence-electron chi connectivity index (χ0n) is 12.8. The molecule has 1 aromatic heterocycles. The Morgan fingerprint density at radius 2 is 2.00 bits per heavy atom. The largest absolute Gasteiger partial charge is 0.490 e. The molecule has 1 atom stereocenters. The van der Waals surface area contributed by atoms with E-state index in [1.807, 2.05) is 12.1 Å². The first-order valence-corrected chi connectivity index (χ1v) is 6.94. The summed E-state index contributed by atoms with van der Waals surface area (Å²) in [5, 5.41) is 17.7. The summed E-state index contributed by atoms with van der Waals surface area (Å²) in [6.07, 6.45) is 1.08. The molecule has 0 N–H and O–H groups in total. The van der Waals surface area contributed by atoms with Crippen molar-refractivity contribution in [3.63, 3.8) is 0 Å². The molecule has 0 unspecified atom stereocenters. The Bertz CT molecular complexity index is 796. The topological polar surface area (TPSA) is 88.0 Å². The molecule has 0 aliphatic rings. The van der Waals surface area contributed by atoms with Gasteiger partial charge >= 0.3 is 5.97 Å². The normalized spacial score (nSPS) is 11.1. The number of nitriles is 2. The molecular weight excluding hydrogens is 294 g/mol. The summed E-state index contributed by atoms with van der Waals surface area (Å²) in [5.74, 6) is 0.0217. The maximum absolute atomic E-state index is 12.1. The number of ether oxygens (including phenoxy) is 2. The Hall–Kier alpha value is -3.25. The van der Waals surface area contributed by atoms with Crippen molar-refractivity contribution in [3.05, 3.63) is 53.3 Å². The van der Waals surface area contributed by atoms with E-state index >= 15 is 0 Å². The molecule has 0 saturated carbocycles. The van der Waals surface area contributed by atoms with Crippen LogP contribution in [0.25, 0.3) is 0 Å². The average molecular weight is 309 g/mol. The molecule has 0 fully saturated rings. The summed E-state index contributed by atoms with van der Waals surface area (Å²) in [4.78, 5) is 12.1. The first kappa shape index (κ1) is 16.1. The molecule has 0 aliphatic heterocycles. The third-order valence-corrected chi connectivity index (χ3v) is 3.10. The molecule has 1 heterocycles. The first-order chi connectivity index (χ1) is 11.0. The highest BCUT2D eigenvalue weighted by atomic mass is 16.6. The van der Waals surface area contributed by atoms with Crippen LogP contribution in [0.15, 0.2) is 36.5 Å². The second-order valence-corrected chi connectivity index (χ2v) is 5.00. The Morgan fingerprint density at radius 1 is 1.26 bits per heavy atom. The van der Waals surface area contributed by atoms with E-state index in [1.54, 1.807) is 49.0 Å². The van der Waals surface area contributed by atoms with Gasteiger partial charge in [-0.1, -0.05) is 6.07 Å². The van der Waals surface area contributed by atoms with Crippen LogP contribution in [0.1, 0.15) is 28.5 Å². The summed E-state index contributed by atoms with van der Waals surface area (Å²) in [7, 11) is 1.67. The molecule has 0 aliphatic carbocycles. The molecular formula is C17H15N3O3. The molecule has 0 spiro atoms. The predicted octanol–water partition coefficient (Wildman–Crippen LogP) is 2.39. The molecule has 6 heteroatoms. The fourth-order valence-corrected chi connectivity index (χ4v) is 1.97. The van der Waals surface area contributed by atoms with E-state index in [1.165, 1.54) is 6.07 Å². The van der Waals surface area contributed by atoms with Crippen molar-refractivity contribution in [1.29, 1.82) is 10.5 Å². The van der Waals surface area contributed by atoms with Crippen LogP contribution in [0, 0.1) is 22.7 Å². The number of carbonyl (C=O) groups is 1. The Kier molecular flexibility index (Phi) is 5.01. The zero-order valence-corrected chi connectivity index (χ0v) is 12.8. The number of hydrogen-bond donors (Lipinski definition) is 0. The third-order valence-electron chi connectivity index (χ3n) is 3.10. The molecule has 2 aromatic rings. The molecule has 2 rings (SSSR count). The number of esters is 1. The summed E-state index contributed by atoms with van der Waals surface area (Å²) in [6, 6.07) is 12.2. The van der Waals surface area contributed by atoms with Crippen molar-refractivity contribution >= 4 is 5.97 Å². The lowest BCUT2D eigenvalue weighted by molar-refractivity contribution is 0.0218. The van der Waals surface area contributed by atoms with Gasteiger partial charge in [0.05, 0.1) is 17.2 Å². The smallest absolute Gasteiger partial charge is 0.355 e. The van der Waals surface area contributed by atoms with Gasteiger partial charge in [0.25, 0.3) is 0 Å². The van der Waals surface area contributed by atoms with Gasteiger partial charge < -0.3 is 14.0 Å². The molecule has 6 nitrogen and oxygen atoms in total. The predicted molar refractivity (Wildman–Crippen MR) is 81.7 cm³/mol. The lowest BCUT2D eigenvalue weighted by Gasteiger charge is -2.14. The van der Waals surface area contributed by atoms with Crippen molar-refractivity contribution < 1.29 is 14.3 Å². The number of nitrogens with zero attached hydrogens (tertiary/aromatic N) is 3. The van der Waals surface area contributed by atoms with E-state index in [2.05, 4.69) is 0 Å². The number of aryl methyl sites for hydroxylation is 1. The Labute approximate surface area is 134 Å². The van der Waals surface area contributed by atoms with Crippen molar-refractivity contribution in [2.45, 2.75) is 13.0 Å². The van der Waals surface area contributed by atoms with Crippen LogP contribution in [-0.4, -0.2) is 23.2 Å². The van der Waals surface area contributed by atoms with Crippen LogP contribution in [0.3, 0.4) is 0 Å². The standard InChI is InChI=1S/C17H15N3O3/c1-12(11-22-15-5-3-4-13(6-15)8-18)23-17(21)16-7-14(9-19)10-20(16)2/h3-7,10,12H,11H2,1-2H3/t12-/m1/s1. The van der Waals surface area contributed by atoms with Gasteiger partial charge in [-0.15, -0.1) is 0 Å². The Balaban J connectivity index is 1.92. The summed E-state index contributed by atoms with van der Waals surface area (Å²) in [5.41, 5.74) is 1.21. The molecule has 1 aromatic carbocycles. The van der Waals surface area contributed by atoms with E-state index in [0.717, 1.165) is 0 Å². The van der Waals surface area contributed by atoms with E-state index in [9.17, 15) is 4.79 Å². The second kappa shape index (κ2) is 7.15. The summed E-state index contributed by atoms with van der Waals surface area (Å²) < 4.78 is 12.4. The van der Waals surface area contributed by atoms with Crippen LogP contribution in [0.4, 0.5) is 0 Å². The van der Waals surface area contributed by atoms with Gasteiger partial charge in [0.15, 0.2) is 0 Å². The van der Waals surface area contributed by atoms with Gasteiger partial charge in [-0.25, -0.2) is 4.79 Å². The molecule has 0 amide bonds. The van der Waals surface area contributed by atoms with Crippen LogP contribution >= 0.6 is 0 Å². The van der Waals surface area contributed by atoms with Crippen LogP contribution < -0.4 is 4.74 Å². The first-order valence-electron chi connectivity index (χ1n) is 6.94. The molecule has 23 heavy (non-hydrogen) atoms. The number of hydrogen-bond acceptors (Lipinski definition) is 5. The lowest BCUT2D eigenvalue weighted by Crippen LogP contribution is -2.23. The minimum atomic E-state index is -0.518. The van der Waals surface area contributed by atoms with Crippen molar-refractivity contribution in [3.8, 4) is 17.9 Å². The number of rotatable bonds is 5. The number of carbonyl (C=O) groups excluding carboxylic acids is 1. The number of aromatic nitrogens is 1. The second-order valence-electron chi connectivity index (χ2n) is 5.00. The highest BCUT2D eigenvalue weighted by Crippen LogP contribution is 2.14. The maximum Gasteiger partial charge on any atom is 0.355 e. The van der Waals surface area contributed by atoms with E-state index < -0.39 is 12.1 Å². The van der Waals surface area contributed by atoms with E-state index in [4.69, 9.17) is 20.0 Å². The third kappa shape index (κ3) is 4.12. The van der Waals surface area contributed by atoms with Gasteiger partial charge in [0.2, 0.25) is 0 Å². The average Bonchev–Trinajstić information content (AvgIpc) is 2.94. The fraction of sp³-hybridized carbons (Fsp3) is 0.235. The van der Waals surface area contributed by atoms with Crippen LogP contribution in [0.5, 0.6) is 5.75 Å². The van der Waals surface area contributed by atoms with Crippen LogP contribution in [0.2, 0.25) is 0 Å². The van der Waals surface area contributed by atoms with Gasteiger partial charge in [0, 0.05) is 13.2 Å². The van der Waals surface area contributed by atoms with Crippen molar-refractivity contribution in [2.75, 3.05) is 6.61 Å². The summed E-state index contributed by atoms with van der Waals surface area (Å²) in [6.45, 7) is 1.87. The molecule has 0 radical (unpaired) electrons. The minimum absolute atomic E-state index is 0.163. The highest BCUT2D eigenvalue weighted by molar-refractivity contribution is 5.88. The lowest BCUT2D eigenvalue weighted by atomic mass is 10.2. The SMILES string of the molecule is C[C@H](COc1cccc(C#N)c1)OC(=O)c1cc(C#N)cn1C. The zero-order chi connectivity index (χ0) is 16.8. The molecule has 0 saturated heterocycles. The van der Waals surface area contributed by atoms with Gasteiger partial charge in [0.1, 0.15) is 30.2 Å². The van der Waals surface area contributed by atoms with Gasteiger partial charge in [-0.2, -0.15) is 10.5 Å². The van der Waals surface area contributed by atoms with Crippen molar-refractivity contribution in [2.24, 2.45) is 7.05 Å². The molecule has 116 valence electrons. The van der Waals surface area contributed by atoms with Crippen molar-refractivity contribution in [1.82, 2.24) is 4.57 Å². The quantitative estimate of drug-likeness (QED) is 0.791. The Morgan fingerprint density at radius 3 is 2.65 bits per heavy atom.